The van der Waals surface area contributed by atoms with Crippen molar-refractivity contribution in [2.24, 2.45) is 5.92 Å². The second-order valence-electron chi connectivity index (χ2n) is 5.00. The van der Waals surface area contributed by atoms with Gasteiger partial charge in [-0.15, -0.1) is 0 Å². The third-order valence-corrected chi connectivity index (χ3v) is 3.45. The van der Waals surface area contributed by atoms with E-state index in [2.05, 4.69) is 19.2 Å². The van der Waals surface area contributed by atoms with Gasteiger partial charge in [0.05, 0.1) is 13.2 Å². The molecule has 106 valence electrons. The lowest BCUT2D eigenvalue weighted by Crippen LogP contribution is -2.19. The molecule has 1 aromatic carbocycles. The van der Waals surface area contributed by atoms with Crippen LogP contribution in [0.2, 0.25) is 0 Å². The predicted octanol–water partition coefficient (Wildman–Crippen LogP) is 2.91. The Kier molecular flexibility index (Phi) is 5.16. The lowest BCUT2D eigenvalue weighted by atomic mass is 10.1. The smallest absolute Gasteiger partial charge is 0.126 e. The van der Waals surface area contributed by atoms with Crippen molar-refractivity contribution in [2.45, 2.75) is 26.3 Å². The highest BCUT2D eigenvalue weighted by Gasteiger charge is 2.18. The van der Waals surface area contributed by atoms with Crippen LogP contribution in [0.4, 0.5) is 4.39 Å². The van der Waals surface area contributed by atoms with Crippen molar-refractivity contribution in [1.82, 2.24) is 5.32 Å². The van der Waals surface area contributed by atoms with Crippen LogP contribution in [0.1, 0.15) is 31.9 Å². The molecule has 1 N–H and O–H groups in total. The molecule has 1 saturated heterocycles. The van der Waals surface area contributed by atoms with E-state index in [9.17, 15) is 4.39 Å². The SMILES string of the molecule is CCNC(C)c1ccc(F)cc1OCC1CCOC1. The van der Waals surface area contributed by atoms with Gasteiger partial charge in [-0.1, -0.05) is 13.0 Å². The van der Waals surface area contributed by atoms with Crippen molar-refractivity contribution in [3.63, 3.8) is 0 Å². The first-order valence-electron chi connectivity index (χ1n) is 6.94. The van der Waals surface area contributed by atoms with E-state index in [0.29, 0.717) is 18.3 Å². The first-order valence-corrected chi connectivity index (χ1v) is 6.94. The zero-order valence-corrected chi connectivity index (χ0v) is 11.6. The van der Waals surface area contributed by atoms with Gasteiger partial charge in [0.25, 0.3) is 0 Å². The number of hydrogen-bond donors (Lipinski definition) is 1. The average molecular weight is 267 g/mol. The summed E-state index contributed by atoms with van der Waals surface area (Å²) >= 11 is 0. The molecule has 0 saturated carbocycles. The summed E-state index contributed by atoms with van der Waals surface area (Å²) in [5.74, 6) is 0.802. The molecule has 4 heteroatoms. The highest BCUT2D eigenvalue weighted by Crippen LogP contribution is 2.27. The number of ether oxygens (including phenoxy) is 2. The normalized spacial score (nSPS) is 20.5. The quantitative estimate of drug-likeness (QED) is 0.859. The summed E-state index contributed by atoms with van der Waals surface area (Å²) in [6.07, 6.45) is 1.02. The predicted molar refractivity (Wildman–Crippen MR) is 72.9 cm³/mol. The molecule has 0 radical (unpaired) electrons. The van der Waals surface area contributed by atoms with Gasteiger partial charge in [0.15, 0.2) is 0 Å². The van der Waals surface area contributed by atoms with Crippen LogP contribution in [0, 0.1) is 11.7 Å². The summed E-state index contributed by atoms with van der Waals surface area (Å²) in [5.41, 5.74) is 1.00. The molecular weight excluding hydrogens is 245 g/mol. The van der Waals surface area contributed by atoms with Crippen molar-refractivity contribution >= 4 is 0 Å². The Hall–Kier alpha value is -1.13. The topological polar surface area (TPSA) is 30.5 Å². The number of halogens is 1. The molecule has 0 spiro atoms. The van der Waals surface area contributed by atoms with Gasteiger partial charge in [-0.25, -0.2) is 4.39 Å². The van der Waals surface area contributed by atoms with Crippen LogP contribution < -0.4 is 10.1 Å². The molecule has 2 unspecified atom stereocenters. The van der Waals surface area contributed by atoms with Gasteiger partial charge in [0.1, 0.15) is 11.6 Å². The van der Waals surface area contributed by atoms with Crippen LogP contribution in [-0.2, 0) is 4.74 Å². The van der Waals surface area contributed by atoms with Gasteiger partial charge in [-0.05, 0) is 26.0 Å². The van der Waals surface area contributed by atoms with Crippen molar-refractivity contribution in [3.05, 3.63) is 29.6 Å². The van der Waals surface area contributed by atoms with E-state index in [4.69, 9.17) is 9.47 Å². The summed E-state index contributed by atoms with van der Waals surface area (Å²) < 4.78 is 24.5. The highest BCUT2D eigenvalue weighted by molar-refractivity contribution is 5.36. The molecule has 2 atom stereocenters. The fourth-order valence-corrected chi connectivity index (χ4v) is 2.33. The van der Waals surface area contributed by atoms with Gasteiger partial charge in [-0.3, -0.25) is 0 Å². The molecule has 1 fully saturated rings. The van der Waals surface area contributed by atoms with Gasteiger partial charge < -0.3 is 14.8 Å². The van der Waals surface area contributed by atoms with Crippen molar-refractivity contribution < 1.29 is 13.9 Å². The molecular formula is C15H22FNO2. The number of rotatable bonds is 6. The first-order chi connectivity index (χ1) is 9.20. The van der Waals surface area contributed by atoms with Gasteiger partial charge in [0.2, 0.25) is 0 Å². The Morgan fingerprint density at radius 1 is 1.53 bits per heavy atom. The standard InChI is InChI=1S/C15H22FNO2/c1-3-17-11(2)14-5-4-13(16)8-15(14)19-10-12-6-7-18-9-12/h4-5,8,11-12,17H,3,6-7,9-10H2,1-2H3. The Balaban J connectivity index is 2.05. The van der Waals surface area contributed by atoms with Crippen LogP contribution in [0.3, 0.4) is 0 Å². The second-order valence-corrected chi connectivity index (χ2v) is 5.00. The molecule has 3 nitrogen and oxygen atoms in total. The van der Waals surface area contributed by atoms with E-state index in [1.165, 1.54) is 12.1 Å². The van der Waals surface area contributed by atoms with E-state index in [1.807, 2.05) is 0 Å². The molecule has 2 rings (SSSR count). The van der Waals surface area contributed by atoms with E-state index < -0.39 is 0 Å². The fraction of sp³-hybridized carbons (Fsp3) is 0.600. The fourth-order valence-electron chi connectivity index (χ4n) is 2.33. The minimum atomic E-state index is -0.259. The van der Waals surface area contributed by atoms with Gasteiger partial charge >= 0.3 is 0 Å². The summed E-state index contributed by atoms with van der Waals surface area (Å²) in [5, 5.41) is 3.32. The average Bonchev–Trinajstić information content (AvgIpc) is 2.89. The van der Waals surface area contributed by atoms with E-state index in [1.54, 1.807) is 6.07 Å². The van der Waals surface area contributed by atoms with Crippen molar-refractivity contribution in [1.29, 1.82) is 0 Å². The van der Waals surface area contributed by atoms with E-state index >= 15 is 0 Å². The van der Waals surface area contributed by atoms with Crippen LogP contribution in [0.5, 0.6) is 5.75 Å². The van der Waals surface area contributed by atoms with Crippen LogP contribution in [-0.4, -0.2) is 26.4 Å². The Morgan fingerprint density at radius 2 is 2.37 bits per heavy atom. The summed E-state index contributed by atoms with van der Waals surface area (Å²) in [6, 6.07) is 4.90. The van der Waals surface area contributed by atoms with E-state index in [0.717, 1.165) is 31.7 Å². The summed E-state index contributed by atoms with van der Waals surface area (Å²) in [6.45, 7) is 7.12. The molecule has 0 aromatic heterocycles. The van der Waals surface area contributed by atoms with E-state index in [-0.39, 0.29) is 11.9 Å². The maximum atomic E-state index is 13.4. The van der Waals surface area contributed by atoms with Crippen LogP contribution in [0.15, 0.2) is 18.2 Å². The van der Waals surface area contributed by atoms with Crippen LogP contribution >= 0.6 is 0 Å². The van der Waals surface area contributed by atoms with Gasteiger partial charge in [-0.2, -0.15) is 0 Å². The Morgan fingerprint density at radius 3 is 3.05 bits per heavy atom. The zero-order chi connectivity index (χ0) is 13.7. The zero-order valence-electron chi connectivity index (χ0n) is 11.6. The Labute approximate surface area is 114 Å². The maximum absolute atomic E-state index is 13.4. The minimum Gasteiger partial charge on any atom is -0.493 e. The number of hydrogen-bond acceptors (Lipinski definition) is 3. The number of nitrogens with one attached hydrogen (secondary N) is 1. The monoisotopic (exact) mass is 267 g/mol. The molecule has 0 bridgehead atoms. The van der Waals surface area contributed by atoms with Crippen molar-refractivity contribution in [2.75, 3.05) is 26.4 Å². The lowest BCUT2D eigenvalue weighted by Gasteiger charge is -2.19. The maximum Gasteiger partial charge on any atom is 0.126 e. The number of benzene rings is 1. The highest BCUT2D eigenvalue weighted by atomic mass is 19.1. The molecule has 1 aliphatic rings. The minimum absolute atomic E-state index is 0.153. The summed E-state index contributed by atoms with van der Waals surface area (Å²) in [4.78, 5) is 0. The Bertz CT molecular complexity index is 405. The summed E-state index contributed by atoms with van der Waals surface area (Å²) in [7, 11) is 0. The third kappa shape index (κ3) is 3.91. The molecule has 0 amide bonds. The first kappa shape index (κ1) is 14.3. The lowest BCUT2D eigenvalue weighted by molar-refractivity contribution is 0.166. The molecule has 1 aromatic rings. The molecule has 19 heavy (non-hydrogen) atoms. The van der Waals surface area contributed by atoms with Gasteiger partial charge in [0, 0.05) is 30.2 Å². The molecule has 1 heterocycles. The largest absolute Gasteiger partial charge is 0.493 e. The van der Waals surface area contributed by atoms with Crippen LogP contribution in [0.25, 0.3) is 0 Å². The third-order valence-electron chi connectivity index (χ3n) is 3.45. The van der Waals surface area contributed by atoms with Crippen molar-refractivity contribution in [3.8, 4) is 5.75 Å². The molecule has 0 aliphatic carbocycles. The molecule has 1 aliphatic heterocycles. The second kappa shape index (κ2) is 6.87.